The van der Waals surface area contributed by atoms with E-state index in [0.717, 1.165) is 26.0 Å². The molecule has 4 rings (SSSR count). The van der Waals surface area contributed by atoms with Crippen LogP contribution in [0.15, 0.2) is 48.7 Å². The van der Waals surface area contributed by atoms with Gasteiger partial charge in [-0.15, -0.1) is 27.8 Å². The fourth-order valence-corrected chi connectivity index (χ4v) is 4.61. The van der Waals surface area contributed by atoms with Gasteiger partial charge in [0.1, 0.15) is 0 Å². The number of carbonyl (C=O) groups is 2. The Morgan fingerprint density at radius 2 is 1.90 bits per heavy atom. The first-order chi connectivity index (χ1) is 14.5. The third kappa shape index (κ3) is 4.44. The molecule has 0 radical (unpaired) electrons. The van der Waals surface area contributed by atoms with Crippen molar-refractivity contribution in [3.05, 3.63) is 64.1 Å². The Labute approximate surface area is 180 Å². The monoisotopic (exact) mass is 438 g/mol. The van der Waals surface area contributed by atoms with Crippen molar-refractivity contribution < 1.29 is 9.59 Å². The van der Waals surface area contributed by atoms with Crippen molar-refractivity contribution in [1.29, 1.82) is 0 Å². The molecule has 0 saturated carbocycles. The largest absolute Gasteiger partial charge is 0.351 e. The number of thiazole rings is 1. The summed E-state index contributed by atoms with van der Waals surface area (Å²) in [5.74, 6) is -0.431. The average Bonchev–Trinajstić information content (AvgIpc) is 3.47. The van der Waals surface area contributed by atoms with Gasteiger partial charge < -0.3 is 5.32 Å². The lowest BCUT2D eigenvalue weighted by atomic mass is 10.3. The van der Waals surface area contributed by atoms with Crippen molar-refractivity contribution in [2.45, 2.75) is 20.4 Å². The molecular formula is C20H18N6O2S2. The Bertz CT molecular complexity index is 1200. The van der Waals surface area contributed by atoms with Gasteiger partial charge in [-0.2, -0.15) is 0 Å². The number of benzene rings is 1. The molecular weight excluding hydrogens is 420 g/mol. The number of aromatic nitrogens is 4. The van der Waals surface area contributed by atoms with E-state index in [0.29, 0.717) is 11.7 Å². The second-order valence-corrected chi connectivity index (χ2v) is 8.81. The molecule has 0 saturated heterocycles. The number of nitrogens with zero attached hydrogens (tertiary/aromatic N) is 4. The number of hydrogen-bond donors (Lipinski definition) is 2. The number of nitrogens with one attached hydrogen (secondary N) is 2. The molecule has 2 N–H and O–H groups in total. The van der Waals surface area contributed by atoms with E-state index in [4.69, 9.17) is 0 Å². The molecule has 30 heavy (non-hydrogen) atoms. The number of amides is 2. The smallest absolute Gasteiger partial charge is 0.279 e. The molecule has 2 amide bonds. The van der Waals surface area contributed by atoms with Crippen LogP contribution in [0.1, 0.15) is 27.2 Å². The fourth-order valence-electron chi connectivity index (χ4n) is 2.73. The summed E-state index contributed by atoms with van der Waals surface area (Å²) >= 11 is 2.96. The first kappa shape index (κ1) is 19.9. The zero-order chi connectivity index (χ0) is 21.1. The normalized spacial score (nSPS) is 10.7. The van der Waals surface area contributed by atoms with Crippen molar-refractivity contribution in [2.24, 2.45) is 0 Å². The van der Waals surface area contributed by atoms with E-state index in [2.05, 4.69) is 25.9 Å². The highest BCUT2D eigenvalue weighted by atomic mass is 32.1. The van der Waals surface area contributed by atoms with Crippen LogP contribution in [-0.2, 0) is 11.3 Å². The predicted octanol–water partition coefficient (Wildman–Crippen LogP) is 3.65. The molecule has 0 aliphatic heterocycles. The van der Waals surface area contributed by atoms with Crippen molar-refractivity contribution in [3.8, 4) is 16.3 Å². The van der Waals surface area contributed by atoms with Gasteiger partial charge in [0.15, 0.2) is 10.8 Å². The third-order valence-electron chi connectivity index (χ3n) is 4.17. The van der Waals surface area contributed by atoms with Crippen LogP contribution in [0.3, 0.4) is 0 Å². The predicted molar refractivity (Wildman–Crippen MR) is 117 cm³/mol. The van der Waals surface area contributed by atoms with Gasteiger partial charge in [0.2, 0.25) is 5.91 Å². The number of anilines is 1. The molecule has 1 aromatic carbocycles. The molecule has 3 aromatic heterocycles. The summed E-state index contributed by atoms with van der Waals surface area (Å²) in [6.45, 7) is 3.94. The first-order valence-corrected chi connectivity index (χ1v) is 10.7. The molecule has 3 heterocycles. The quantitative estimate of drug-likeness (QED) is 0.478. The summed E-state index contributed by atoms with van der Waals surface area (Å²) in [5.41, 5.74) is 1.86. The Kier molecular flexibility index (Phi) is 5.68. The van der Waals surface area contributed by atoms with Crippen LogP contribution in [-0.4, -0.2) is 31.8 Å². The molecule has 0 bridgehead atoms. The van der Waals surface area contributed by atoms with E-state index in [1.54, 1.807) is 22.2 Å². The van der Waals surface area contributed by atoms with Crippen LogP contribution < -0.4 is 10.6 Å². The zero-order valence-electron chi connectivity index (χ0n) is 16.2. The molecule has 0 atom stereocenters. The van der Waals surface area contributed by atoms with Crippen molar-refractivity contribution >= 4 is 39.6 Å². The van der Waals surface area contributed by atoms with Gasteiger partial charge in [0.25, 0.3) is 5.91 Å². The van der Waals surface area contributed by atoms with E-state index in [1.807, 2.05) is 49.4 Å². The topological polar surface area (TPSA) is 102 Å². The van der Waals surface area contributed by atoms with Crippen molar-refractivity contribution in [1.82, 2.24) is 25.3 Å². The number of carbonyl (C=O) groups excluding carboxylic acids is 2. The van der Waals surface area contributed by atoms with Gasteiger partial charge in [0.05, 0.1) is 29.0 Å². The first-order valence-electron chi connectivity index (χ1n) is 9.09. The number of hydrogen-bond acceptors (Lipinski definition) is 7. The summed E-state index contributed by atoms with van der Waals surface area (Å²) in [4.78, 5) is 31.2. The highest BCUT2D eigenvalue weighted by Crippen LogP contribution is 2.34. The van der Waals surface area contributed by atoms with Crippen LogP contribution in [0.5, 0.6) is 0 Å². The van der Waals surface area contributed by atoms with E-state index in [9.17, 15) is 9.59 Å². The van der Waals surface area contributed by atoms with Gasteiger partial charge in [-0.3, -0.25) is 14.9 Å². The summed E-state index contributed by atoms with van der Waals surface area (Å²) in [5, 5.41) is 14.1. The summed E-state index contributed by atoms with van der Waals surface area (Å²) < 4.78 is 1.55. The standard InChI is InChI=1S/C20H18N6O2S2/c1-12-18(17-9-8-15(30-17)10-21-13(2)27)22-20(29-12)23-19(28)16-11-26(25-24-16)14-6-4-3-5-7-14/h3-9,11H,10H2,1-2H3,(H,21,27)(H,22,23,28). The Hall–Kier alpha value is -3.37. The number of aryl methyl sites for hydroxylation is 1. The molecule has 0 aliphatic rings. The van der Waals surface area contributed by atoms with Crippen LogP contribution >= 0.6 is 22.7 Å². The second-order valence-electron chi connectivity index (χ2n) is 6.44. The van der Waals surface area contributed by atoms with Crippen LogP contribution in [0, 0.1) is 6.92 Å². The van der Waals surface area contributed by atoms with Gasteiger partial charge in [-0.1, -0.05) is 23.4 Å². The summed E-state index contributed by atoms with van der Waals surface area (Å²) in [6, 6.07) is 13.4. The minimum atomic E-state index is -0.366. The Morgan fingerprint density at radius 1 is 1.10 bits per heavy atom. The summed E-state index contributed by atoms with van der Waals surface area (Å²) in [6.07, 6.45) is 1.58. The number of thiophene rings is 1. The number of rotatable bonds is 6. The highest BCUT2D eigenvalue weighted by Gasteiger charge is 2.17. The van der Waals surface area contributed by atoms with E-state index < -0.39 is 0 Å². The van der Waals surface area contributed by atoms with Gasteiger partial charge >= 0.3 is 0 Å². The lowest BCUT2D eigenvalue weighted by molar-refractivity contribution is -0.119. The maximum atomic E-state index is 12.6. The van der Waals surface area contributed by atoms with Crippen LogP contribution in [0.4, 0.5) is 5.13 Å². The molecule has 152 valence electrons. The minimum Gasteiger partial charge on any atom is -0.351 e. The maximum Gasteiger partial charge on any atom is 0.279 e. The second kappa shape index (κ2) is 8.56. The zero-order valence-corrected chi connectivity index (χ0v) is 17.9. The third-order valence-corrected chi connectivity index (χ3v) is 6.15. The van der Waals surface area contributed by atoms with Gasteiger partial charge in [0, 0.05) is 16.7 Å². The molecule has 0 fully saturated rings. The van der Waals surface area contributed by atoms with E-state index >= 15 is 0 Å². The van der Waals surface area contributed by atoms with E-state index in [1.165, 1.54) is 18.3 Å². The van der Waals surface area contributed by atoms with Gasteiger partial charge in [-0.25, -0.2) is 9.67 Å². The number of para-hydroxylation sites is 1. The molecule has 10 heteroatoms. The lowest BCUT2D eigenvalue weighted by Crippen LogP contribution is -2.17. The highest BCUT2D eigenvalue weighted by molar-refractivity contribution is 7.18. The minimum absolute atomic E-state index is 0.0658. The van der Waals surface area contributed by atoms with Crippen LogP contribution in [0.25, 0.3) is 16.3 Å². The molecule has 0 unspecified atom stereocenters. The maximum absolute atomic E-state index is 12.6. The molecule has 4 aromatic rings. The molecule has 0 aliphatic carbocycles. The Morgan fingerprint density at radius 3 is 2.67 bits per heavy atom. The van der Waals surface area contributed by atoms with Crippen molar-refractivity contribution in [2.75, 3.05) is 5.32 Å². The fraction of sp³-hybridized carbons (Fsp3) is 0.150. The summed E-state index contributed by atoms with van der Waals surface area (Å²) in [7, 11) is 0. The lowest BCUT2D eigenvalue weighted by Gasteiger charge is -1.98. The van der Waals surface area contributed by atoms with Crippen molar-refractivity contribution in [3.63, 3.8) is 0 Å². The Balaban J connectivity index is 1.47. The van der Waals surface area contributed by atoms with Gasteiger partial charge in [-0.05, 0) is 31.2 Å². The average molecular weight is 439 g/mol. The SMILES string of the molecule is CC(=O)NCc1ccc(-c2nc(NC(=O)c3cn(-c4ccccc4)nn3)sc2C)s1. The molecule has 0 spiro atoms. The van der Waals surface area contributed by atoms with E-state index in [-0.39, 0.29) is 17.5 Å². The van der Waals surface area contributed by atoms with Crippen LogP contribution in [0.2, 0.25) is 0 Å². The molecule has 8 nitrogen and oxygen atoms in total.